The zero-order chi connectivity index (χ0) is 27.8. The predicted octanol–water partition coefficient (Wildman–Crippen LogP) is 11.4. The molecule has 198 valence electrons. The molecule has 0 heterocycles. The van der Waals surface area contributed by atoms with Gasteiger partial charge in [-0.2, -0.15) is 0 Å². The maximum absolute atomic E-state index is 6.36. The molecule has 0 N–H and O–H groups in total. The highest BCUT2D eigenvalue weighted by Crippen LogP contribution is 2.55. The van der Waals surface area contributed by atoms with E-state index in [4.69, 9.17) is 23.2 Å². The van der Waals surface area contributed by atoms with E-state index >= 15 is 0 Å². The molecule has 1 unspecified atom stereocenters. The fourth-order valence-corrected chi connectivity index (χ4v) is 6.16. The lowest BCUT2D eigenvalue weighted by molar-refractivity contribution is 0.841. The van der Waals surface area contributed by atoms with E-state index in [0.717, 1.165) is 28.4 Å². The highest BCUT2D eigenvalue weighted by atomic mass is 35.5. The van der Waals surface area contributed by atoms with Gasteiger partial charge in [-0.25, -0.2) is 0 Å². The summed E-state index contributed by atoms with van der Waals surface area (Å²) in [7, 11) is 0. The predicted molar refractivity (Wildman–Crippen MR) is 173 cm³/mol. The Labute approximate surface area is 250 Å². The lowest BCUT2D eigenvalue weighted by atomic mass is 9.98. The molecule has 0 bridgehead atoms. The molecule has 41 heavy (non-hydrogen) atoms. The van der Waals surface area contributed by atoms with E-state index in [9.17, 15) is 0 Å². The topological polar surface area (TPSA) is 6.48 Å². The Morgan fingerprint density at radius 2 is 0.902 bits per heavy atom. The van der Waals surface area contributed by atoms with Crippen molar-refractivity contribution in [3.8, 4) is 11.1 Å². The number of halogens is 2. The number of hydrogen-bond donors (Lipinski definition) is 0. The van der Waals surface area contributed by atoms with Crippen molar-refractivity contribution in [2.24, 2.45) is 0 Å². The SMILES string of the molecule is Clc1ccc(N(c2ccccc2)c2cccc3c2C(N(c2ccccc2)c2ccc(Cl)cc2)c2ccccc2-3)cc1. The van der Waals surface area contributed by atoms with Gasteiger partial charge in [-0.1, -0.05) is 96.0 Å². The van der Waals surface area contributed by atoms with Crippen molar-refractivity contribution in [1.29, 1.82) is 0 Å². The molecule has 0 aromatic heterocycles. The molecule has 1 aliphatic carbocycles. The van der Waals surface area contributed by atoms with Crippen molar-refractivity contribution in [1.82, 2.24) is 0 Å². The number of rotatable bonds is 6. The Bertz CT molecular complexity index is 1800. The molecule has 0 spiro atoms. The van der Waals surface area contributed by atoms with Gasteiger partial charge in [0.05, 0.1) is 11.7 Å². The lowest BCUT2D eigenvalue weighted by Crippen LogP contribution is -2.25. The first-order valence-electron chi connectivity index (χ1n) is 13.6. The van der Waals surface area contributed by atoms with E-state index in [2.05, 4.69) is 137 Å². The Morgan fingerprint density at radius 3 is 1.56 bits per heavy atom. The second-order valence-corrected chi connectivity index (χ2v) is 10.9. The Kier molecular flexibility index (Phi) is 6.72. The second-order valence-electron chi connectivity index (χ2n) is 10.1. The van der Waals surface area contributed by atoms with E-state index in [-0.39, 0.29) is 6.04 Å². The fraction of sp³-hybridized carbons (Fsp3) is 0.0270. The average Bonchev–Trinajstić information content (AvgIpc) is 3.35. The third-order valence-corrected chi connectivity index (χ3v) is 8.14. The monoisotopic (exact) mass is 568 g/mol. The third kappa shape index (κ3) is 4.66. The molecule has 2 nitrogen and oxygen atoms in total. The van der Waals surface area contributed by atoms with Gasteiger partial charge in [0.15, 0.2) is 0 Å². The number of anilines is 5. The standard InChI is InChI=1S/C37H26Cl2N2/c38-26-18-22-30(23-19-26)40(28-10-3-1-4-11-28)35-17-9-16-33-32-14-7-8-15-34(32)37(36(33)35)41(29-12-5-2-6-13-29)31-24-20-27(39)21-25-31/h1-25,37H. The molecule has 7 rings (SSSR count). The van der Waals surface area contributed by atoms with E-state index in [1.165, 1.54) is 22.3 Å². The van der Waals surface area contributed by atoms with Crippen LogP contribution in [-0.4, -0.2) is 0 Å². The maximum atomic E-state index is 6.36. The molecular weight excluding hydrogens is 543 g/mol. The molecule has 0 saturated carbocycles. The van der Waals surface area contributed by atoms with Gasteiger partial charge in [0.1, 0.15) is 0 Å². The van der Waals surface area contributed by atoms with Gasteiger partial charge in [0.2, 0.25) is 0 Å². The summed E-state index contributed by atoms with van der Waals surface area (Å²) in [5, 5.41) is 1.43. The first-order chi connectivity index (χ1) is 20.2. The Morgan fingerprint density at radius 1 is 0.415 bits per heavy atom. The number of fused-ring (bicyclic) bond motifs is 3. The zero-order valence-corrected chi connectivity index (χ0v) is 23.7. The summed E-state index contributed by atoms with van der Waals surface area (Å²) < 4.78 is 0. The minimum atomic E-state index is -0.0838. The molecule has 6 aromatic carbocycles. The van der Waals surface area contributed by atoms with Gasteiger partial charge in [-0.15, -0.1) is 0 Å². The normalized spacial score (nSPS) is 13.4. The van der Waals surface area contributed by atoms with Crippen molar-refractivity contribution < 1.29 is 0 Å². The van der Waals surface area contributed by atoms with Crippen molar-refractivity contribution in [2.45, 2.75) is 6.04 Å². The summed E-state index contributed by atoms with van der Waals surface area (Å²) in [5.41, 5.74) is 10.4. The molecule has 0 amide bonds. The first kappa shape index (κ1) is 25.5. The number of nitrogens with zero attached hydrogens (tertiary/aromatic N) is 2. The van der Waals surface area contributed by atoms with Crippen LogP contribution in [0.1, 0.15) is 17.2 Å². The molecule has 1 aliphatic rings. The largest absolute Gasteiger partial charge is 0.330 e. The van der Waals surface area contributed by atoms with E-state index < -0.39 is 0 Å². The van der Waals surface area contributed by atoms with E-state index in [0.29, 0.717) is 10.0 Å². The number of para-hydroxylation sites is 2. The van der Waals surface area contributed by atoms with Crippen LogP contribution in [0.15, 0.2) is 152 Å². The van der Waals surface area contributed by atoms with Crippen LogP contribution < -0.4 is 9.80 Å². The number of hydrogen-bond acceptors (Lipinski definition) is 2. The summed E-state index contributed by atoms with van der Waals surface area (Å²) in [6.07, 6.45) is 0. The lowest BCUT2D eigenvalue weighted by Gasteiger charge is -2.36. The third-order valence-electron chi connectivity index (χ3n) is 7.64. The fourth-order valence-electron chi connectivity index (χ4n) is 5.91. The van der Waals surface area contributed by atoms with Crippen molar-refractivity contribution >= 4 is 51.6 Å². The quantitative estimate of drug-likeness (QED) is 0.197. The minimum absolute atomic E-state index is 0.0838. The Hall–Kier alpha value is -4.50. The van der Waals surface area contributed by atoms with Crippen molar-refractivity contribution in [3.05, 3.63) is 173 Å². The van der Waals surface area contributed by atoms with Gasteiger partial charge in [0, 0.05) is 38.4 Å². The van der Waals surface area contributed by atoms with Crippen molar-refractivity contribution in [3.63, 3.8) is 0 Å². The van der Waals surface area contributed by atoms with Gasteiger partial charge in [-0.3, -0.25) is 0 Å². The summed E-state index contributed by atoms with van der Waals surface area (Å²) in [6.45, 7) is 0. The Balaban J connectivity index is 1.52. The molecular formula is C37H26Cl2N2. The van der Waals surface area contributed by atoms with Crippen LogP contribution in [0.2, 0.25) is 10.0 Å². The molecule has 0 radical (unpaired) electrons. The summed E-state index contributed by atoms with van der Waals surface area (Å²) >= 11 is 12.7. The molecule has 6 aromatic rings. The molecule has 0 aliphatic heterocycles. The summed E-state index contributed by atoms with van der Waals surface area (Å²) in [4.78, 5) is 4.76. The van der Waals surface area contributed by atoms with Crippen LogP contribution in [-0.2, 0) is 0 Å². The maximum Gasteiger partial charge on any atom is 0.0877 e. The van der Waals surface area contributed by atoms with Crippen LogP contribution in [0.5, 0.6) is 0 Å². The molecule has 0 fully saturated rings. The highest BCUT2D eigenvalue weighted by Gasteiger charge is 2.37. The van der Waals surface area contributed by atoms with Crippen LogP contribution in [0.4, 0.5) is 28.4 Å². The van der Waals surface area contributed by atoms with Crippen molar-refractivity contribution in [2.75, 3.05) is 9.80 Å². The number of benzene rings is 6. The molecule has 4 heteroatoms. The summed E-state index contributed by atoms with van der Waals surface area (Å²) in [6, 6.07) is 52.6. The minimum Gasteiger partial charge on any atom is -0.330 e. The van der Waals surface area contributed by atoms with E-state index in [1.54, 1.807) is 0 Å². The van der Waals surface area contributed by atoms with Crippen LogP contribution in [0.25, 0.3) is 11.1 Å². The van der Waals surface area contributed by atoms with E-state index in [1.807, 2.05) is 24.3 Å². The molecule has 0 saturated heterocycles. The van der Waals surface area contributed by atoms with Gasteiger partial charge >= 0.3 is 0 Å². The highest BCUT2D eigenvalue weighted by molar-refractivity contribution is 6.31. The summed E-state index contributed by atoms with van der Waals surface area (Å²) in [5.74, 6) is 0. The molecule has 1 atom stereocenters. The zero-order valence-electron chi connectivity index (χ0n) is 22.2. The smallest absolute Gasteiger partial charge is 0.0877 e. The van der Waals surface area contributed by atoms with Gasteiger partial charge in [-0.05, 0) is 95.6 Å². The van der Waals surface area contributed by atoms with Crippen LogP contribution in [0, 0.1) is 0 Å². The second kappa shape index (κ2) is 10.8. The van der Waals surface area contributed by atoms with Crippen LogP contribution in [0.3, 0.4) is 0 Å². The van der Waals surface area contributed by atoms with Gasteiger partial charge in [0.25, 0.3) is 0 Å². The van der Waals surface area contributed by atoms with Crippen LogP contribution >= 0.6 is 23.2 Å². The van der Waals surface area contributed by atoms with Gasteiger partial charge < -0.3 is 9.80 Å². The first-order valence-corrected chi connectivity index (χ1v) is 14.4. The average molecular weight is 570 g/mol.